The van der Waals surface area contributed by atoms with Crippen LogP contribution in [0.1, 0.15) is 33.2 Å². The summed E-state index contributed by atoms with van der Waals surface area (Å²) in [7, 11) is -4.22. The predicted octanol–water partition coefficient (Wildman–Crippen LogP) is 3.95. The SMILES string of the molecule is CCCC[n+]1ccc(/C=C2\Sc3ccccc3N2CCCS(=O)(=O)[O-])c2ccccc21.[3H]O. The number of aryl methyl sites for hydroxylation is 1. The molecule has 32 heavy (non-hydrogen) atoms. The van der Waals surface area contributed by atoms with E-state index in [4.69, 9.17) is 6.91 Å². The fourth-order valence-corrected chi connectivity index (χ4v) is 5.50. The van der Waals surface area contributed by atoms with Gasteiger partial charge < -0.3 is 14.9 Å². The summed E-state index contributed by atoms with van der Waals surface area (Å²) in [6.45, 7) is 3.67. The molecule has 6 nitrogen and oxygen atoms in total. The number of para-hydroxylation sites is 2. The maximum atomic E-state index is 11.1. The Morgan fingerprint density at radius 3 is 2.66 bits per heavy atom. The van der Waals surface area contributed by atoms with Crippen molar-refractivity contribution in [2.45, 2.75) is 37.6 Å². The van der Waals surface area contributed by atoms with E-state index in [0.29, 0.717) is 13.0 Å². The van der Waals surface area contributed by atoms with Crippen molar-refractivity contribution in [2.24, 2.45) is 0 Å². The summed E-state index contributed by atoms with van der Waals surface area (Å²) in [6, 6.07) is 18.7. The second kappa shape index (κ2) is 10.5. The van der Waals surface area contributed by atoms with E-state index in [1.54, 1.807) is 11.8 Å². The highest BCUT2D eigenvalue weighted by molar-refractivity contribution is 8.03. The van der Waals surface area contributed by atoms with Crippen LogP contribution in [-0.2, 0) is 16.7 Å². The number of pyridine rings is 1. The van der Waals surface area contributed by atoms with Crippen LogP contribution in [-0.4, -0.2) is 30.7 Å². The highest BCUT2D eigenvalue weighted by atomic mass is 32.2. The monoisotopic (exact) mass is 474 g/mol. The lowest BCUT2D eigenvalue weighted by Gasteiger charge is -2.21. The number of thioether (sulfide) groups is 1. The molecule has 0 unspecified atom stereocenters. The molecule has 0 saturated carbocycles. The molecule has 2 aromatic carbocycles. The molecule has 0 atom stereocenters. The Bertz CT molecular complexity index is 1230. The molecule has 0 saturated heterocycles. The normalized spacial score (nSPS) is 14.8. The van der Waals surface area contributed by atoms with Crippen LogP contribution in [0.4, 0.5) is 5.69 Å². The van der Waals surface area contributed by atoms with E-state index in [1.165, 1.54) is 10.9 Å². The minimum atomic E-state index is -4.22. The van der Waals surface area contributed by atoms with Crippen molar-refractivity contribution in [3.63, 3.8) is 0 Å². The van der Waals surface area contributed by atoms with Gasteiger partial charge in [0.05, 0.1) is 26.2 Å². The van der Waals surface area contributed by atoms with Crippen molar-refractivity contribution in [1.82, 2.24) is 0 Å². The van der Waals surface area contributed by atoms with Gasteiger partial charge in [-0.3, -0.25) is 0 Å². The molecule has 0 fully saturated rings. The zero-order valence-electron chi connectivity index (χ0n) is 19.0. The third-order valence-corrected chi connectivity index (χ3v) is 7.30. The van der Waals surface area contributed by atoms with Crippen molar-refractivity contribution in [3.8, 4) is 0 Å². The van der Waals surface area contributed by atoms with Gasteiger partial charge in [-0.25, -0.2) is 8.42 Å². The number of benzene rings is 2. The summed E-state index contributed by atoms with van der Waals surface area (Å²) in [5.74, 6) is -0.352. The summed E-state index contributed by atoms with van der Waals surface area (Å²) < 4.78 is 40.3. The average molecular weight is 475 g/mol. The van der Waals surface area contributed by atoms with Crippen molar-refractivity contribution >= 4 is 44.5 Å². The number of aromatic nitrogens is 1. The van der Waals surface area contributed by atoms with Crippen molar-refractivity contribution in [1.29, 1.82) is 0 Å². The van der Waals surface area contributed by atoms with Crippen LogP contribution in [0.3, 0.4) is 0 Å². The minimum Gasteiger partial charge on any atom is -0.748 e. The Morgan fingerprint density at radius 1 is 1.12 bits per heavy atom. The molecule has 1 aliphatic heterocycles. The van der Waals surface area contributed by atoms with E-state index in [2.05, 4.69) is 65.1 Å². The molecular formula is C24H28N2O4S2. The predicted molar refractivity (Wildman–Crippen MR) is 129 cm³/mol. The van der Waals surface area contributed by atoms with Gasteiger partial charge in [-0.05, 0) is 36.3 Å². The van der Waals surface area contributed by atoms with Crippen LogP contribution in [0.15, 0.2) is 70.7 Å². The molecule has 3 aromatic rings. The summed E-state index contributed by atoms with van der Waals surface area (Å²) in [5, 5.41) is 2.23. The summed E-state index contributed by atoms with van der Waals surface area (Å²) in [4.78, 5) is 3.26. The van der Waals surface area contributed by atoms with Crippen LogP contribution in [0.2, 0.25) is 0 Å². The molecular weight excluding hydrogens is 444 g/mol. The number of hydrogen-bond acceptors (Lipinski definition) is 5. The molecule has 2 N–H and O–H groups in total. The van der Waals surface area contributed by atoms with Gasteiger partial charge in [-0.2, -0.15) is 4.57 Å². The van der Waals surface area contributed by atoms with Gasteiger partial charge >= 0.3 is 0 Å². The molecule has 4 rings (SSSR count). The van der Waals surface area contributed by atoms with Crippen molar-refractivity contribution in [2.75, 3.05) is 17.2 Å². The Morgan fingerprint density at radius 2 is 1.88 bits per heavy atom. The standard InChI is InChI=1S/C24H26N2O3S2.H2O/c1-2-3-14-25-16-13-19(20-9-4-5-10-21(20)25)18-24-26(15-8-17-31(27,28)29)22-11-6-7-12-23(22)30-24;/h4-7,9-13,16,18H,2-3,8,14-15,17H2,1H3;1H2/i/hT. The third kappa shape index (κ3) is 5.50. The smallest absolute Gasteiger partial charge is 0.213 e. The third-order valence-electron chi connectivity index (χ3n) is 5.40. The lowest BCUT2D eigenvalue weighted by Crippen LogP contribution is -2.34. The average Bonchev–Trinajstić information content (AvgIpc) is 3.16. The van der Waals surface area contributed by atoms with E-state index in [0.717, 1.165) is 40.6 Å². The molecule has 1 aromatic heterocycles. The molecule has 170 valence electrons. The lowest BCUT2D eigenvalue weighted by atomic mass is 10.1. The molecule has 0 bridgehead atoms. The Hall–Kier alpha value is -2.39. The first-order valence-corrected chi connectivity index (χ1v) is 13.0. The number of nitrogens with zero attached hydrogens (tertiary/aromatic N) is 2. The Kier molecular flexibility index (Phi) is 7.47. The van der Waals surface area contributed by atoms with Crippen LogP contribution in [0.5, 0.6) is 0 Å². The first-order valence-electron chi connectivity index (χ1n) is 11.0. The maximum absolute atomic E-state index is 11.1. The van der Waals surface area contributed by atoms with Gasteiger partial charge in [0.15, 0.2) is 6.20 Å². The highest BCUT2D eigenvalue weighted by Gasteiger charge is 2.25. The fourth-order valence-electron chi connectivity index (χ4n) is 3.88. The van der Waals surface area contributed by atoms with E-state index >= 15 is 0 Å². The number of anilines is 1. The number of hydrogen-bond donors (Lipinski definition) is 0. The van der Waals surface area contributed by atoms with Gasteiger partial charge in [0.2, 0.25) is 6.95 Å². The molecule has 1 aliphatic rings. The van der Waals surface area contributed by atoms with Crippen LogP contribution < -0.4 is 9.47 Å². The quantitative estimate of drug-likeness (QED) is 0.364. The maximum Gasteiger partial charge on any atom is 0.213 e. The second-order valence-corrected chi connectivity index (χ2v) is 10.2. The van der Waals surface area contributed by atoms with Crippen molar-refractivity contribution in [3.05, 3.63) is 71.4 Å². The zero-order valence-corrected chi connectivity index (χ0v) is 19.6. The highest BCUT2D eigenvalue weighted by Crippen LogP contribution is 2.46. The summed E-state index contributed by atoms with van der Waals surface area (Å²) in [6.07, 6.45) is 6.89. The van der Waals surface area contributed by atoms with E-state index in [-0.39, 0.29) is 5.75 Å². The molecule has 0 aliphatic carbocycles. The van der Waals surface area contributed by atoms with Crippen LogP contribution in [0, 0.1) is 0 Å². The summed E-state index contributed by atoms with van der Waals surface area (Å²) >= 11 is 1.68. The van der Waals surface area contributed by atoms with Gasteiger partial charge in [0.25, 0.3) is 0 Å². The summed E-state index contributed by atoms with van der Waals surface area (Å²) in [5.41, 5.74) is 9.63. The Balaban J connectivity index is 0.00000149. The second-order valence-electron chi connectivity index (χ2n) is 7.65. The van der Waals surface area contributed by atoms with E-state index in [1.807, 2.05) is 18.2 Å². The largest absolute Gasteiger partial charge is 0.748 e. The van der Waals surface area contributed by atoms with Crippen LogP contribution >= 0.6 is 11.8 Å². The molecule has 0 spiro atoms. The van der Waals surface area contributed by atoms with Gasteiger partial charge in [0.1, 0.15) is 6.54 Å². The Labute approximate surface area is 195 Å². The zero-order chi connectivity index (χ0) is 23.8. The molecule has 2 heterocycles. The number of fused-ring (bicyclic) bond motifs is 2. The fraction of sp³-hybridized carbons (Fsp3) is 0.292. The number of unbranched alkanes of at least 4 members (excludes halogenated alkanes) is 1. The topological polar surface area (TPSA) is 95.8 Å². The number of rotatable bonds is 8. The van der Waals surface area contributed by atoms with Crippen LogP contribution in [0.25, 0.3) is 17.0 Å². The minimum absolute atomic E-state index is 0.296. The van der Waals surface area contributed by atoms with E-state index < -0.39 is 10.1 Å². The molecule has 8 heteroatoms. The lowest BCUT2D eigenvalue weighted by molar-refractivity contribution is -0.671. The van der Waals surface area contributed by atoms with Gasteiger partial charge in [-0.1, -0.05) is 49.4 Å². The molecule has 0 radical (unpaired) electrons. The van der Waals surface area contributed by atoms with Gasteiger partial charge in [0, 0.05) is 35.7 Å². The van der Waals surface area contributed by atoms with Crippen molar-refractivity contribution < 1.29 is 24.4 Å². The first-order chi connectivity index (χ1) is 16.0. The van der Waals surface area contributed by atoms with E-state index in [9.17, 15) is 13.0 Å². The van der Waals surface area contributed by atoms with Gasteiger partial charge in [-0.15, -0.1) is 0 Å². The first kappa shape index (κ1) is 22.8. The molecule has 0 amide bonds.